The van der Waals surface area contributed by atoms with Gasteiger partial charge in [0, 0.05) is 12.3 Å². The number of benzene rings is 1. The molecule has 1 aromatic rings. The van der Waals surface area contributed by atoms with Gasteiger partial charge in [-0.15, -0.1) is 0 Å². The van der Waals surface area contributed by atoms with Gasteiger partial charge in [0.2, 0.25) is 5.91 Å². The summed E-state index contributed by atoms with van der Waals surface area (Å²) in [6.07, 6.45) is 1.70. The lowest BCUT2D eigenvalue weighted by Gasteiger charge is -2.15. The van der Waals surface area contributed by atoms with Crippen LogP contribution in [0, 0.1) is 5.41 Å². The summed E-state index contributed by atoms with van der Waals surface area (Å²) in [5.74, 6) is -0.882. The Morgan fingerprint density at radius 2 is 1.95 bits per heavy atom. The van der Waals surface area contributed by atoms with E-state index < -0.39 is 5.97 Å². The van der Waals surface area contributed by atoms with Crippen LogP contribution < -0.4 is 5.32 Å². The minimum atomic E-state index is -0.865. The van der Waals surface area contributed by atoms with Gasteiger partial charge in [-0.3, -0.25) is 9.59 Å². The van der Waals surface area contributed by atoms with Crippen LogP contribution in [0.3, 0.4) is 0 Å². The maximum atomic E-state index is 12.2. The van der Waals surface area contributed by atoms with E-state index in [0.717, 1.165) is 12.8 Å². The number of anilines is 1. The lowest BCUT2D eigenvalue weighted by atomic mass is 10.1. The third kappa shape index (κ3) is 3.57. The van der Waals surface area contributed by atoms with Crippen LogP contribution in [0.15, 0.2) is 24.3 Å². The average Bonchev–Trinajstić information content (AvgIpc) is 3.19. The molecule has 1 aliphatic rings. The van der Waals surface area contributed by atoms with E-state index in [4.69, 9.17) is 9.84 Å². The zero-order chi connectivity index (χ0) is 14.6. The number of rotatable bonds is 7. The molecule has 0 spiro atoms. The minimum Gasteiger partial charge on any atom is -0.481 e. The summed E-state index contributed by atoms with van der Waals surface area (Å²) in [5, 5.41) is 11.6. The van der Waals surface area contributed by atoms with E-state index in [1.54, 1.807) is 24.3 Å². The molecular formula is C15H19NO4. The van der Waals surface area contributed by atoms with Crippen LogP contribution in [0.2, 0.25) is 0 Å². The number of hydrogen-bond acceptors (Lipinski definition) is 3. The van der Waals surface area contributed by atoms with Crippen LogP contribution in [0.4, 0.5) is 5.69 Å². The second-order valence-electron chi connectivity index (χ2n) is 5.14. The van der Waals surface area contributed by atoms with Crippen LogP contribution in [0.25, 0.3) is 0 Å². The quantitative estimate of drug-likeness (QED) is 0.800. The number of aliphatic carboxylic acids is 1. The van der Waals surface area contributed by atoms with Crippen LogP contribution >= 0.6 is 0 Å². The van der Waals surface area contributed by atoms with Gasteiger partial charge >= 0.3 is 5.97 Å². The fourth-order valence-corrected chi connectivity index (χ4v) is 2.03. The Bertz CT molecular complexity index is 491. The molecule has 1 aliphatic carbocycles. The van der Waals surface area contributed by atoms with Crippen molar-refractivity contribution in [1.82, 2.24) is 0 Å². The first-order valence-electron chi connectivity index (χ1n) is 6.76. The van der Waals surface area contributed by atoms with Gasteiger partial charge in [0.25, 0.3) is 0 Å². The second-order valence-corrected chi connectivity index (χ2v) is 5.14. The second kappa shape index (κ2) is 6.05. The van der Waals surface area contributed by atoms with Gasteiger partial charge in [-0.1, -0.05) is 12.1 Å². The maximum absolute atomic E-state index is 12.2. The number of nitrogens with one attached hydrogen (secondary N) is 1. The van der Waals surface area contributed by atoms with Crippen molar-refractivity contribution in [3.05, 3.63) is 29.8 Å². The lowest BCUT2D eigenvalue weighted by molar-refractivity contribution is -0.136. The zero-order valence-corrected chi connectivity index (χ0v) is 11.5. The van der Waals surface area contributed by atoms with Gasteiger partial charge in [-0.25, -0.2) is 0 Å². The summed E-state index contributed by atoms with van der Waals surface area (Å²) in [4.78, 5) is 22.8. The van der Waals surface area contributed by atoms with E-state index in [2.05, 4.69) is 5.32 Å². The summed E-state index contributed by atoms with van der Waals surface area (Å²) in [7, 11) is 0. The van der Waals surface area contributed by atoms with E-state index in [1.807, 2.05) is 6.92 Å². The highest BCUT2D eigenvalue weighted by Crippen LogP contribution is 2.46. The van der Waals surface area contributed by atoms with E-state index in [1.165, 1.54) is 0 Å². The Hall–Kier alpha value is -1.88. The van der Waals surface area contributed by atoms with Crippen molar-refractivity contribution in [3.8, 4) is 0 Å². The van der Waals surface area contributed by atoms with E-state index in [0.29, 0.717) is 24.5 Å². The van der Waals surface area contributed by atoms with Gasteiger partial charge in [0.15, 0.2) is 0 Å². The third-order valence-electron chi connectivity index (χ3n) is 3.48. The highest BCUT2D eigenvalue weighted by Gasteiger charge is 2.50. The first-order valence-corrected chi connectivity index (χ1v) is 6.76. The van der Waals surface area contributed by atoms with E-state index in [9.17, 15) is 9.59 Å². The molecule has 1 aromatic carbocycles. The largest absolute Gasteiger partial charge is 0.481 e. The molecule has 0 heterocycles. The fourth-order valence-electron chi connectivity index (χ4n) is 2.03. The smallest absolute Gasteiger partial charge is 0.307 e. The number of carboxylic acids is 1. The van der Waals surface area contributed by atoms with Crippen molar-refractivity contribution in [2.45, 2.75) is 26.2 Å². The number of amides is 1. The molecule has 5 nitrogen and oxygen atoms in total. The van der Waals surface area contributed by atoms with Crippen molar-refractivity contribution in [1.29, 1.82) is 0 Å². The first-order chi connectivity index (χ1) is 9.55. The van der Waals surface area contributed by atoms with Crippen molar-refractivity contribution in [2.24, 2.45) is 5.41 Å². The Labute approximate surface area is 117 Å². The molecule has 0 aromatic heterocycles. The molecule has 2 rings (SSSR count). The summed E-state index contributed by atoms with van der Waals surface area (Å²) >= 11 is 0. The molecule has 2 N–H and O–H groups in total. The summed E-state index contributed by atoms with van der Waals surface area (Å²) < 4.78 is 5.36. The van der Waals surface area contributed by atoms with Gasteiger partial charge in [-0.2, -0.15) is 0 Å². The molecule has 0 aliphatic heterocycles. The fraction of sp³-hybridized carbons (Fsp3) is 0.467. The molecule has 0 radical (unpaired) electrons. The van der Waals surface area contributed by atoms with E-state index in [-0.39, 0.29) is 17.7 Å². The van der Waals surface area contributed by atoms with Gasteiger partial charge in [0.1, 0.15) is 0 Å². The van der Waals surface area contributed by atoms with Crippen molar-refractivity contribution in [3.63, 3.8) is 0 Å². The summed E-state index contributed by atoms with van der Waals surface area (Å²) in [6.45, 7) is 2.99. The Kier molecular flexibility index (Phi) is 4.39. The topological polar surface area (TPSA) is 75.6 Å². The predicted molar refractivity (Wildman–Crippen MR) is 74.6 cm³/mol. The van der Waals surface area contributed by atoms with Crippen LogP contribution in [0.1, 0.15) is 25.3 Å². The lowest BCUT2D eigenvalue weighted by Crippen LogP contribution is -2.28. The molecule has 20 heavy (non-hydrogen) atoms. The third-order valence-corrected chi connectivity index (χ3v) is 3.48. The molecule has 0 unspecified atom stereocenters. The maximum Gasteiger partial charge on any atom is 0.307 e. The first kappa shape index (κ1) is 14.5. The number of carboxylic acid groups (broad SMARTS) is 1. The van der Waals surface area contributed by atoms with Gasteiger partial charge < -0.3 is 15.2 Å². The molecule has 0 bridgehead atoms. The number of ether oxygens (including phenoxy) is 1. The predicted octanol–water partition coefficient (Wildman–Crippen LogP) is 2.07. The zero-order valence-electron chi connectivity index (χ0n) is 11.5. The highest BCUT2D eigenvalue weighted by atomic mass is 16.5. The Morgan fingerprint density at radius 1 is 1.30 bits per heavy atom. The molecule has 0 atom stereocenters. The Morgan fingerprint density at radius 3 is 2.45 bits per heavy atom. The van der Waals surface area contributed by atoms with Crippen molar-refractivity contribution in [2.75, 3.05) is 18.5 Å². The number of carbonyl (C=O) groups excluding carboxylic acids is 1. The van der Waals surface area contributed by atoms with Gasteiger partial charge in [0.05, 0.1) is 18.4 Å². The average molecular weight is 277 g/mol. The molecule has 108 valence electrons. The van der Waals surface area contributed by atoms with Crippen LogP contribution in [-0.4, -0.2) is 30.2 Å². The van der Waals surface area contributed by atoms with Crippen molar-refractivity contribution < 1.29 is 19.4 Å². The number of hydrogen-bond donors (Lipinski definition) is 2. The number of carbonyl (C=O) groups is 2. The summed E-state index contributed by atoms with van der Waals surface area (Å²) in [5.41, 5.74) is 1.04. The normalized spacial score (nSPS) is 15.7. The molecule has 5 heteroatoms. The molecule has 1 saturated carbocycles. The molecule has 1 amide bonds. The highest BCUT2D eigenvalue weighted by molar-refractivity contribution is 5.97. The van der Waals surface area contributed by atoms with Crippen LogP contribution in [-0.2, 0) is 20.7 Å². The monoisotopic (exact) mass is 277 g/mol. The SMILES string of the molecule is CCOCC1(C(=O)Nc2ccc(CC(=O)O)cc2)CC1. The standard InChI is InChI=1S/C15H19NO4/c1-2-20-10-15(7-8-15)14(19)16-12-5-3-11(4-6-12)9-13(17)18/h3-6H,2,7-10H2,1H3,(H,16,19)(H,17,18). The van der Waals surface area contributed by atoms with Gasteiger partial charge in [-0.05, 0) is 37.5 Å². The van der Waals surface area contributed by atoms with Crippen LogP contribution in [0.5, 0.6) is 0 Å². The van der Waals surface area contributed by atoms with Crippen molar-refractivity contribution >= 4 is 17.6 Å². The molecule has 0 saturated heterocycles. The molecular weight excluding hydrogens is 258 g/mol. The molecule has 1 fully saturated rings. The van der Waals surface area contributed by atoms with E-state index >= 15 is 0 Å². The summed E-state index contributed by atoms with van der Waals surface area (Å²) in [6, 6.07) is 6.89. The Balaban J connectivity index is 1.93. The minimum absolute atomic E-state index is 0.0114.